The minimum absolute atomic E-state index is 0.286. The lowest BCUT2D eigenvalue weighted by Gasteiger charge is -2.14. The Hall–Kier alpha value is -2.00. The van der Waals surface area contributed by atoms with Gasteiger partial charge in [-0.2, -0.15) is 0 Å². The number of imidazole rings is 1. The zero-order valence-corrected chi connectivity index (χ0v) is 13.1. The molecule has 0 atom stereocenters. The second kappa shape index (κ2) is 5.41. The molecule has 0 aliphatic heterocycles. The van der Waals surface area contributed by atoms with Crippen molar-refractivity contribution in [3.8, 4) is 11.4 Å². The van der Waals surface area contributed by atoms with Gasteiger partial charge in [-0.3, -0.25) is 0 Å². The first-order valence-electron chi connectivity index (χ1n) is 7.06. The molecule has 0 unspecified atom stereocenters. The van der Waals surface area contributed by atoms with E-state index in [1.54, 1.807) is 0 Å². The van der Waals surface area contributed by atoms with E-state index in [1.807, 2.05) is 25.2 Å². The molecule has 1 heterocycles. The number of hydrogen-bond acceptors (Lipinski definition) is 2. The van der Waals surface area contributed by atoms with Crippen molar-refractivity contribution in [3.05, 3.63) is 47.5 Å². The molecule has 1 N–H and O–H groups in total. The highest BCUT2D eigenvalue weighted by atomic mass is 35.5. The van der Waals surface area contributed by atoms with Crippen LogP contribution >= 0.6 is 11.6 Å². The minimum atomic E-state index is 0.286. The van der Waals surface area contributed by atoms with Crippen LogP contribution < -0.4 is 5.32 Å². The standard InChI is InChI=1S/C17H18ClN3/c1-11(2)21-16-14(18)5-4-6-15(16)20-17(21)12-7-9-13(19-3)10-8-12/h4-11,19H,1-3H3. The van der Waals surface area contributed by atoms with E-state index in [0.717, 1.165) is 33.1 Å². The van der Waals surface area contributed by atoms with Gasteiger partial charge in [-0.25, -0.2) is 4.98 Å². The lowest BCUT2D eigenvalue weighted by Crippen LogP contribution is -2.03. The molecule has 0 saturated heterocycles. The van der Waals surface area contributed by atoms with Gasteiger partial charge in [-0.15, -0.1) is 0 Å². The van der Waals surface area contributed by atoms with Crippen molar-refractivity contribution in [2.24, 2.45) is 0 Å². The zero-order chi connectivity index (χ0) is 15.0. The van der Waals surface area contributed by atoms with Crippen molar-refractivity contribution < 1.29 is 0 Å². The van der Waals surface area contributed by atoms with E-state index < -0.39 is 0 Å². The Labute approximate surface area is 129 Å². The van der Waals surface area contributed by atoms with E-state index >= 15 is 0 Å². The molecule has 4 heteroatoms. The Kier molecular flexibility index (Phi) is 3.60. The average molecular weight is 300 g/mol. The summed E-state index contributed by atoms with van der Waals surface area (Å²) in [5, 5.41) is 3.87. The molecule has 21 heavy (non-hydrogen) atoms. The molecule has 0 aliphatic carbocycles. The van der Waals surface area contributed by atoms with Crippen molar-refractivity contribution in [3.63, 3.8) is 0 Å². The Morgan fingerprint density at radius 1 is 1.10 bits per heavy atom. The molecule has 2 aromatic carbocycles. The summed E-state index contributed by atoms with van der Waals surface area (Å²) in [5.74, 6) is 0.954. The fraction of sp³-hybridized carbons (Fsp3) is 0.235. The molecule has 0 amide bonds. The van der Waals surface area contributed by atoms with Crippen LogP contribution in [-0.4, -0.2) is 16.6 Å². The third-order valence-electron chi connectivity index (χ3n) is 3.61. The number of benzene rings is 2. The predicted octanol–water partition coefficient (Wildman–Crippen LogP) is 4.98. The van der Waals surface area contributed by atoms with E-state index in [4.69, 9.17) is 16.6 Å². The summed E-state index contributed by atoms with van der Waals surface area (Å²) in [6.45, 7) is 4.30. The topological polar surface area (TPSA) is 29.9 Å². The summed E-state index contributed by atoms with van der Waals surface area (Å²) in [5.41, 5.74) is 4.12. The van der Waals surface area contributed by atoms with Crippen LogP contribution in [0, 0.1) is 0 Å². The molecule has 0 aliphatic rings. The van der Waals surface area contributed by atoms with Gasteiger partial charge >= 0.3 is 0 Å². The smallest absolute Gasteiger partial charge is 0.141 e. The van der Waals surface area contributed by atoms with Crippen molar-refractivity contribution in [1.82, 2.24) is 9.55 Å². The first kappa shape index (κ1) is 14.0. The number of rotatable bonds is 3. The molecule has 1 aromatic heterocycles. The van der Waals surface area contributed by atoms with Gasteiger partial charge in [0.25, 0.3) is 0 Å². The van der Waals surface area contributed by atoms with E-state index in [1.165, 1.54) is 0 Å². The Morgan fingerprint density at radius 3 is 2.43 bits per heavy atom. The largest absolute Gasteiger partial charge is 0.388 e. The molecule has 3 aromatic rings. The number of anilines is 1. The zero-order valence-electron chi connectivity index (χ0n) is 12.4. The van der Waals surface area contributed by atoms with Gasteiger partial charge in [-0.05, 0) is 50.2 Å². The van der Waals surface area contributed by atoms with Crippen LogP contribution in [0.1, 0.15) is 19.9 Å². The highest BCUT2D eigenvalue weighted by Crippen LogP contribution is 2.32. The summed E-state index contributed by atoms with van der Waals surface area (Å²) in [4.78, 5) is 4.78. The van der Waals surface area contributed by atoms with Crippen LogP contribution in [0.15, 0.2) is 42.5 Å². The quantitative estimate of drug-likeness (QED) is 0.739. The predicted molar refractivity (Wildman–Crippen MR) is 90.1 cm³/mol. The van der Waals surface area contributed by atoms with Crippen molar-refractivity contribution in [1.29, 1.82) is 0 Å². The Morgan fingerprint density at radius 2 is 1.81 bits per heavy atom. The molecule has 3 nitrogen and oxygen atoms in total. The monoisotopic (exact) mass is 299 g/mol. The summed E-state index contributed by atoms with van der Waals surface area (Å²) in [7, 11) is 1.91. The number of nitrogens with zero attached hydrogens (tertiary/aromatic N) is 2. The maximum absolute atomic E-state index is 6.38. The summed E-state index contributed by atoms with van der Waals surface area (Å²) in [6, 6.07) is 14.4. The van der Waals surface area contributed by atoms with Gasteiger partial charge in [0.2, 0.25) is 0 Å². The van der Waals surface area contributed by atoms with Crippen LogP contribution in [0.4, 0.5) is 5.69 Å². The third kappa shape index (κ3) is 2.38. The maximum Gasteiger partial charge on any atom is 0.141 e. The van der Waals surface area contributed by atoms with Gasteiger partial charge in [0.1, 0.15) is 5.82 Å². The van der Waals surface area contributed by atoms with Crippen molar-refractivity contribution in [2.75, 3.05) is 12.4 Å². The molecular weight excluding hydrogens is 282 g/mol. The summed E-state index contributed by atoms with van der Waals surface area (Å²) < 4.78 is 2.20. The summed E-state index contributed by atoms with van der Waals surface area (Å²) >= 11 is 6.38. The molecule has 0 bridgehead atoms. The van der Waals surface area contributed by atoms with Crippen LogP contribution in [0.25, 0.3) is 22.4 Å². The van der Waals surface area contributed by atoms with Crippen LogP contribution in [0.3, 0.4) is 0 Å². The number of aromatic nitrogens is 2. The number of hydrogen-bond donors (Lipinski definition) is 1. The third-order valence-corrected chi connectivity index (χ3v) is 3.91. The van der Waals surface area contributed by atoms with Gasteiger partial charge in [0.15, 0.2) is 0 Å². The number of fused-ring (bicyclic) bond motifs is 1. The molecular formula is C17H18ClN3. The second-order valence-electron chi connectivity index (χ2n) is 5.33. The van der Waals surface area contributed by atoms with Gasteiger partial charge in [-0.1, -0.05) is 17.7 Å². The fourth-order valence-electron chi connectivity index (χ4n) is 2.60. The molecule has 0 saturated carbocycles. The van der Waals surface area contributed by atoms with Crippen molar-refractivity contribution in [2.45, 2.75) is 19.9 Å². The Bertz CT molecular complexity index is 773. The highest BCUT2D eigenvalue weighted by Gasteiger charge is 2.16. The second-order valence-corrected chi connectivity index (χ2v) is 5.74. The van der Waals surface area contributed by atoms with Gasteiger partial charge in [0, 0.05) is 24.3 Å². The van der Waals surface area contributed by atoms with Crippen molar-refractivity contribution >= 4 is 28.3 Å². The highest BCUT2D eigenvalue weighted by molar-refractivity contribution is 6.35. The minimum Gasteiger partial charge on any atom is -0.388 e. The first-order valence-corrected chi connectivity index (χ1v) is 7.44. The molecule has 0 fully saturated rings. The fourth-order valence-corrected chi connectivity index (χ4v) is 2.86. The number of halogens is 1. The van der Waals surface area contributed by atoms with E-state index in [9.17, 15) is 0 Å². The van der Waals surface area contributed by atoms with Crippen LogP contribution in [0.2, 0.25) is 5.02 Å². The number of para-hydroxylation sites is 1. The van der Waals surface area contributed by atoms with E-state index in [0.29, 0.717) is 0 Å². The molecule has 0 radical (unpaired) electrons. The normalized spacial score (nSPS) is 11.3. The van der Waals surface area contributed by atoms with Crippen LogP contribution in [-0.2, 0) is 0 Å². The molecule has 3 rings (SSSR count). The van der Waals surface area contributed by atoms with Crippen LogP contribution in [0.5, 0.6) is 0 Å². The van der Waals surface area contributed by atoms with Gasteiger partial charge < -0.3 is 9.88 Å². The molecule has 0 spiro atoms. The van der Waals surface area contributed by atoms with E-state index in [2.05, 4.69) is 48.0 Å². The van der Waals surface area contributed by atoms with Gasteiger partial charge in [0.05, 0.1) is 16.1 Å². The lowest BCUT2D eigenvalue weighted by atomic mass is 10.2. The molecule has 108 valence electrons. The first-order chi connectivity index (χ1) is 10.1. The number of nitrogens with one attached hydrogen (secondary N) is 1. The maximum atomic E-state index is 6.38. The average Bonchev–Trinajstić information content (AvgIpc) is 2.88. The lowest BCUT2D eigenvalue weighted by molar-refractivity contribution is 0.624. The summed E-state index contributed by atoms with van der Waals surface area (Å²) in [6.07, 6.45) is 0. The SMILES string of the molecule is CNc1ccc(-c2nc3cccc(Cl)c3n2C(C)C)cc1. The van der Waals surface area contributed by atoms with E-state index in [-0.39, 0.29) is 6.04 Å². The Balaban J connectivity index is 2.26.